The van der Waals surface area contributed by atoms with Crippen molar-refractivity contribution >= 4 is 5.97 Å². The lowest BCUT2D eigenvalue weighted by molar-refractivity contribution is -0.147. The fourth-order valence-corrected chi connectivity index (χ4v) is 3.95. The van der Waals surface area contributed by atoms with E-state index in [9.17, 15) is 10.1 Å². The summed E-state index contributed by atoms with van der Waals surface area (Å²) in [5.74, 6) is -0.267. The Morgan fingerprint density at radius 3 is 2.83 bits per heavy atom. The molecule has 4 rings (SSSR count). The topological polar surface area (TPSA) is 85.3 Å². The van der Waals surface area contributed by atoms with Crippen LogP contribution in [0.15, 0.2) is 59.2 Å². The van der Waals surface area contributed by atoms with Gasteiger partial charge >= 0.3 is 5.97 Å². The Labute approximate surface area is 140 Å². The molecule has 4 atom stereocenters. The molecular formula is C19H18N2O3. The van der Waals surface area contributed by atoms with Crippen molar-refractivity contribution in [2.75, 3.05) is 0 Å². The molecule has 0 aromatic heterocycles. The van der Waals surface area contributed by atoms with Gasteiger partial charge in [0.15, 0.2) is 0 Å². The highest BCUT2D eigenvalue weighted by Crippen LogP contribution is 2.46. The van der Waals surface area contributed by atoms with Gasteiger partial charge in [0.1, 0.15) is 17.9 Å². The van der Waals surface area contributed by atoms with Gasteiger partial charge in [-0.25, -0.2) is 4.79 Å². The number of nitrogens with zero attached hydrogens (tertiary/aromatic N) is 1. The molecular weight excluding hydrogens is 304 g/mol. The summed E-state index contributed by atoms with van der Waals surface area (Å²) in [5, 5.41) is 9.58. The molecule has 0 aromatic rings. The van der Waals surface area contributed by atoms with Crippen molar-refractivity contribution in [2.45, 2.75) is 25.4 Å². The van der Waals surface area contributed by atoms with Gasteiger partial charge in [-0.3, -0.25) is 0 Å². The smallest absolute Gasteiger partial charge is 0.338 e. The number of esters is 1. The third kappa shape index (κ3) is 2.18. The van der Waals surface area contributed by atoms with Crippen LogP contribution in [0.3, 0.4) is 0 Å². The van der Waals surface area contributed by atoms with Crippen molar-refractivity contribution in [3.63, 3.8) is 0 Å². The first kappa shape index (κ1) is 14.8. The zero-order chi connectivity index (χ0) is 16.7. The summed E-state index contributed by atoms with van der Waals surface area (Å²) < 4.78 is 11.4. The summed E-state index contributed by atoms with van der Waals surface area (Å²) in [6.07, 6.45) is 14.3. The minimum atomic E-state index is -0.407. The van der Waals surface area contributed by atoms with Gasteiger partial charge in [-0.2, -0.15) is 5.26 Å². The number of nitrogens with two attached hydrogens (primary N) is 1. The minimum absolute atomic E-state index is 0.0630. The average molecular weight is 322 g/mol. The maximum Gasteiger partial charge on any atom is 0.338 e. The summed E-state index contributed by atoms with van der Waals surface area (Å²) in [7, 11) is 0. The fraction of sp³-hybridized carbons (Fsp3) is 0.368. The Morgan fingerprint density at radius 1 is 1.25 bits per heavy atom. The van der Waals surface area contributed by atoms with Gasteiger partial charge in [-0.1, -0.05) is 30.4 Å². The monoisotopic (exact) mass is 322 g/mol. The summed E-state index contributed by atoms with van der Waals surface area (Å²) >= 11 is 0. The molecule has 5 heteroatoms. The maximum atomic E-state index is 12.7. The van der Waals surface area contributed by atoms with E-state index in [0.717, 1.165) is 19.3 Å². The maximum absolute atomic E-state index is 12.7. The normalized spacial score (nSPS) is 34.2. The van der Waals surface area contributed by atoms with Gasteiger partial charge in [0.05, 0.1) is 17.1 Å². The fourth-order valence-electron chi connectivity index (χ4n) is 3.95. The first-order valence-corrected chi connectivity index (χ1v) is 8.25. The molecule has 5 nitrogen and oxygen atoms in total. The second kappa shape index (κ2) is 5.72. The van der Waals surface area contributed by atoms with Gasteiger partial charge in [-0.05, 0) is 31.3 Å². The van der Waals surface area contributed by atoms with E-state index in [1.807, 2.05) is 24.3 Å². The SMILES string of the molecule is N#CC1=C(N)OC2=C(C(=O)O[C@H]3C=CC=C[C@H]23)[C@H]1[C@@H]1C=CCCC1. The number of allylic oxidation sites excluding steroid dienone is 5. The molecule has 24 heavy (non-hydrogen) atoms. The van der Waals surface area contributed by atoms with Crippen molar-refractivity contribution in [2.24, 2.45) is 23.5 Å². The molecule has 0 saturated heterocycles. The van der Waals surface area contributed by atoms with Crippen molar-refractivity contribution in [1.29, 1.82) is 5.26 Å². The van der Waals surface area contributed by atoms with E-state index < -0.39 is 5.97 Å². The molecule has 0 aromatic carbocycles. The predicted octanol–water partition coefficient (Wildman–Crippen LogP) is 2.60. The second-order valence-electron chi connectivity index (χ2n) is 6.44. The van der Waals surface area contributed by atoms with Gasteiger partial charge < -0.3 is 15.2 Å². The van der Waals surface area contributed by atoms with Gasteiger partial charge in [0.2, 0.25) is 5.88 Å². The Morgan fingerprint density at radius 2 is 2.08 bits per heavy atom. The number of hydrogen-bond acceptors (Lipinski definition) is 5. The van der Waals surface area contributed by atoms with Crippen LogP contribution >= 0.6 is 0 Å². The number of carbonyl (C=O) groups is 1. The van der Waals surface area contributed by atoms with Crippen LogP contribution < -0.4 is 5.73 Å². The molecule has 0 amide bonds. The third-order valence-corrected chi connectivity index (χ3v) is 5.06. The number of nitriles is 1. The quantitative estimate of drug-likeness (QED) is 0.592. The Bertz CT molecular complexity index is 779. The largest absolute Gasteiger partial charge is 0.454 e. The molecule has 2 N–H and O–H groups in total. The molecule has 122 valence electrons. The van der Waals surface area contributed by atoms with Crippen molar-refractivity contribution in [3.8, 4) is 6.07 Å². The van der Waals surface area contributed by atoms with E-state index in [2.05, 4.69) is 18.2 Å². The van der Waals surface area contributed by atoms with Crippen LogP contribution in [0.2, 0.25) is 0 Å². The number of rotatable bonds is 1. The van der Waals surface area contributed by atoms with Crippen LogP contribution in [0.5, 0.6) is 0 Å². The molecule has 2 heterocycles. The standard InChI is InChI=1S/C19H18N2O3/c20-10-13-15(11-6-2-1-3-7-11)16-17(24-18(13)21)12-8-4-5-9-14(12)23-19(16)22/h2,4-6,8-9,11-12,14-15H,1,3,7,21H2/t11-,12+,14+,15+/m1/s1. The van der Waals surface area contributed by atoms with E-state index in [1.54, 1.807) is 0 Å². The van der Waals surface area contributed by atoms with Crippen molar-refractivity contribution in [3.05, 3.63) is 59.2 Å². The van der Waals surface area contributed by atoms with E-state index in [0.29, 0.717) is 16.9 Å². The number of hydrogen-bond donors (Lipinski definition) is 1. The van der Waals surface area contributed by atoms with Crippen LogP contribution in [-0.2, 0) is 14.3 Å². The second-order valence-corrected chi connectivity index (χ2v) is 6.44. The molecule has 0 spiro atoms. The van der Waals surface area contributed by atoms with Gasteiger partial charge in [-0.15, -0.1) is 0 Å². The molecule has 2 aliphatic heterocycles. The van der Waals surface area contributed by atoms with E-state index in [-0.39, 0.29) is 29.7 Å². The van der Waals surface area contributed by atoms with Gasteiger partial charge in [0, 0.05) is 5.92 Å². The Hall–Kier alpha value is -2.74. The van der Waals surface area contributed by atoms with E-state index in [1.165, 1.54) is 0 Å². The number of fused-ring (bicyclic) bond motifs is 2. The lowest BCUT2D eigenvalue weighted by atomic mass is 9.72. The molecule has 0 bridgehead atoms. The highest BCUT2D eigenvalue weighted by Gasteiger charge is 2.47. The summed E-state index contributed by atoms with van der Waals surface area (Å²) in [5.41, 5.74) is 6.83. The summed E-state index contributed by atoms with van der Waals surface area (Å²) in [6, 6.07) is 2.15. The number of ether oxygens (including phenoxy) is 2. The van der Waals surface area contributed by atoms with Crippen LogP contribution in [0.1, 0.15) is 19.3 Å². The zero-order valence-electron chi connectivity index (χ0n) is 13.1. The Balaban J connectivity index is 1.84. The highest BCUT2D eigenvalue weighted by molar-refractivity contribution is 5.92. The average Bonchev–Trinajstić information content (AvgIpc) is 2.61. The van der Waals surface area contributed by atoms with E-state index in [4.69, 9.17) is 15.2 Å². The molecule has 4 aliphatic rings. The molecule has 2 aliphatic carbocycles. The molecule has 0 unspecified atom stereocenters. The van der Waals surface area contributed by atoms with Crippen LogP contribution in [0.25, 0.3) is 0 Å². The van der Waals surface area contributed by atoms with Crippen LogP contribution in [0, 0.1) is 29.1 Å². The van der Waals surface area contributed by atoms with Crippen molar-refractivity contribution in [1.82, 2.24) is 0 Å². The van der Waals surface area contributed by atoms with E-state index >= 15 is 0 Å². The first-order valence-electron chi connectivity index (χ1n) is 8.25. The minimum Gasteiger partial charge on any atom is -0.454 e. The van der Waals surface area contributed by atoms with Crippen molar-refractivity contribution < 1.29 is 14.3 Å². The lowest BCUT2D eigenvalue weighted by Gasteiger charge is -2.39. The van der Waals surface area contributed by atoms with Gasteiger partial charge in [0.25, 0.3) is 0 Å². The third-order valence-electron chi connectivity index (χ3n) is 5.06. The summed E-state index contributed by atoms with van der Waals surface area (Å²) in [6.45, 7) is 0. The molecule has 0 saturated carbocycles. The van der Waals surface area contributed by atoms with Crippen LogP contribution in [0.4, 0.5) is 0 Å². The zero-order valence-corrected chi connectivity index (χ0v) is 13.1. The highest BCUT2D eigenvalue weighted by atomic mass is 16.6. The predicted molar refractivity (Wildman–Crippen MR) is 86.6 cm³/mol. The first-order chi connectivity index (χ1) is 11.7. The Kier molecular flexibility index (Phi) is 3.53. The molecule has 0 fully saturated rings. The molecule has 0 radical (unpaired) electrons. The number of carbonyl (C=O) groups excluding carboxylic acids is 1. The van der Waals surface area contributed by atoms with Crippen LogP contribution in [-0.4, -0.2) is 12.1 Å². The lowest BCUT2D eigenvalue weighted by Crippen LogP contribution is -2.41. The summed E-state index contributed by atoms with van der Waals surface area (Å²) in [4.78, 5) is 12.7.